The molecular weight excluding hydrogens is 204 g/mol. The van der Waals surface area contributed by atoms with E-state index in [1.165, 1.54) is 4.88 Å². The molecular formula is C12H22N2S. The van der Waals surface area contributed by atoms with E-state index in [2.05, 4.69) is 43.3 Å². The number of hydrogen-bond donors (Lipinski definition) is 1. The highest BCUT2D eigenvalue weighted by Gasteiger charge is 2.12. The highest BCUT2D eigenvalue weighted by Crippen LogP contribution is 2.14. The molecule has 0 aromatic carbocycles. The Morgan fingerprint density at radius 2 is 2.20 bits per heavy atom. The number of thiophene rings is 1. The van der Waals surface area contributed by atoms with Crippen LogP contribution in [0.2, 0.25) is 0 Å². The maximum atomic E-state index is 5.63. The van der Waals surface area contributed by atoms with Crippen molar-refractivity contribution in [3.05, 3.63) is 22.4 Å². The molecule has 15 heavy (non-hydrogen) atoms. The lowest BCUT2D eigenvalue weighted by molar-refractivity contribution is 0.226. The molecule has 1 heterocycles. The first kappa shape index (κ1) is 12.7. The lowest BCUT2D eigenvalue weighted by atomic mass is 10.1. The summed E-state index contributed by atoms with van der Waals surface area (Å²) in [5.41, 5.74) is 5.63. The molecule has 86 valence electrons. The summed E-state index contributed by atoms with van der Waals surface area (Å²) < 4.78 is 0. The molecule has 0 bridgehead atoms. The van der Waals surface area contributed by atoms with Gasteiger partial charge in [0.15, 0.2) is 0 Å². The molecule has 0 saturated heterocycles. The SMILES string of the molecule is CC(CN)CN(C)C(C)Cc1cccs1. The molecule has 1 aromatic rings. The van der Waals surface area contributed by atoms with Crippen LogP contribution in [0.1, 0.15) is 18.7 Å². The van der Waals surface area contributed by atoms with Gasteiger partial charge in [0, 0.05) is 17.5 Å². The van der Waals surface area contributed by atoms with Crippen LogP contribution in [0.5, 0.6) is 0 Å². The minimum absolute atomic E-state index is 0.584. The molecule has 0 fully saturated rings. The van der Waals surface area contributed by atoms with Gasteiger partial charge in [0.25, 0.3) is 0 Å². The summed E-state index contributed by atoms with van der Waals surface area (Å²) in [5.74, 6) is 0.584. The average molecular weight is 226 g/mol. The molecule has 0 aliphatic heterocycles. The van der Waals surface area contributed by atoms with Gasteiger partial charge in [-0.25, -0.2) is 0 Å². The summed E-state index contributed by atoms with van der Waals surface area (Å²) in [6, 6.07) is 4.93. The zero-order valence-electron chi connectivity index (χ0n) is 9.94. The van der Waals surface area contributed by atoms with Gasteiger partial charge >= 0.3 is 0 Å². The van der Waals surface area contributed by atoms with E-state index >= 15 is 0 Å². The second kappa shape index (κ2) is 6.26. The van der Waals surface area contributed by atoms with E-state index in [0.29, 0.717) is 12.0 Å². The highest BCUT2D eigenvalue weighted by molar-refractivity contribution is 7.09. The van der Waals surface area contributed by atoms with Crippen LogP contribution in [0, 0.1) is 5.92 Å². The average Bonchev–Trinajstić information content (AvgIpc) is 2.70. The number of nitrogens with zero attached hydrogens (tertiary/aromatic N) is 1. The first-order valence-electron chi connectivity index (χ1n) is 5.56. The van der Waals surface area contributed by atoms with Gasteiger partial charge in [-0.15, -0.1) is 11.3 Å². The quantitative estimate of drug-likeness (QED) is 0.806. The third-order valence-corrected chi connectivity index (χ3v) is 3.73. The van der Waals surface area contributed by atoms with Crippen molar-refractivity contribution < 1.29 is 0 Å². The molecule has 2 nitrogen and oxygen atoms in total. The Morgan fingerprint density at radius 3 is 2.73 bits per heavy atom. The zero-order valence-corrected chi connectivity index (χ0v) is 10.8. The summed E-state index contributed by atoms with van der Waals surface area (Å²) in [7, 11) is 2.18. The number of nitrogens with two attached hydrogens (primary N) is 1. The van der Waals surface area contributed by atoms with Crippen LogP contribution in [0.3, 0.4) is 0 Å². The molecule has 1 rings (SSSR count). The molecule has 2 atom stereocenters. The monoisotopic (exact) mass is 226 g/mol. The fraction of sp³-hybridized carbons (Fsp3) is 0.667. The van der Waals surface area contributed by atoms with Crippen LogP contribution in [-0.2, 0) is 6.42 Å². The standard InChI is InChI=1S/C12H22N2S/c1-10(8-13)9-14(3)11(2)7-12-5-4-6-15-12/h4-6,10-11H,7-9,13H2,1-3H3. The van der Waals surface area contributed by atoms with Crippen LogP contribution < -0.4 is 5.73 Å². The van der Waals surface area contributed by atoms with Gasteiger partial charge in [0.1, 0.15) is 0 Å². The van der Waals surface area contributed by atoms with Crippen molar-refractivity contribution in [2.24, 2.45) is 11.7 Å². The topological polar surface area (TPSA) is 29.3 Å². The summed E-state index contributed by atoms with van der Waals surface area (Å²) in [4.78, 5) is 3.87. The maximum absolute atomic E-state index is 5.63. The van der Waals surface area contributed by atoms with Crippen molar-refractivity contribution in [1.82, 2.24) is 4.90 Å². The maximum Gasteiger partial charge on any atom is 0.0112 e. The normalized spacial score (nSPS) is 15.5. The third kappa shape index (κ3) is 4.33. The Hall–Kier alpha value is -0.380. The summed E-state index contributed by atoms with van der Waals surface area (Å²) >= 11 is 1.84. The molecule has 2 unspecified atom stereocenters. The van der Waals surface area contributed by atoms with Crippen LogP contribution >= 0.6 is 11.3 Å². The minimum Gasteiger partial charge on any atom is -0.330 e. The fourth-order valence-corrected chi connectivity index (χ4v) is 2.45. The number of rotatable bonds is 6. The van der Waals surface area contributed by atoms with E-state index in [-0.39, 0.29) is 0 Å². The molecule has 0 spiro atoms. The van der Waals surface area contributed by atoms with Crippen molar-refractivity contribution in [2.75, 3.05) is 20.1 Å². The lowest BCUT2D eigenvalue weighted by Gasteiger charge is -2.26. The second-order valence-electron chi connectivity index (χ2n) is 4.41. The largest absolute Gasteiger partial charge is 0.330 e. The van der Waals surface area contributed by atoms with Gasteiger partial charge in [-0.05, 0) is 44.3 Å². The Bertz CT molecular complexity index is 259. The van der Waals surface area contributed by atoms with E-state index in [9.17, 15) is 0 Å². The van der Waals surface area contributed by atoms with Crippen LogP contribution in [0.4, 0.5) is 0 Å². The molecule has 0 amide bonds. The van der Waals surface area contributed by atoms with Gasteiger partial charge < -0.3 is 10.6 Å². The van der Waals surface area contributed by atoms with Crippen LogP contribution in [0.15, 0.2) is 17.5 Å². The molecule has 3 heteroatoms. The first-order chi connectivity index (χ1) is 7.13. The van der Waals surface area contributed by atoms with Crippen LogP contribution in [-0.4, -0.2) is 31.1 Å². The number of likely N-dealkylation sites (N-methyl/N-ethyl adjacent to an activating group) is 1. The fourth-order valence-electron chi connectivity index (χ4n) is 1.62. The summed E-state index contributed by atoms with van der Waals surface area (Å²) in [6.07, 6.45) is 1.14. The Labute approximate surface area is 97.1 Å². The summed E-state index contributed by atoms with van der Waals surface area (Å²) in [5, 5.41) is 2.14. The van der Waals surface area contributed by atoms with Crippen molar-refractivity contribution in [3.8, 4) is 0 Å². The number of hydrogen-bond acceptors (Lipinski definition) is 3. The Morgan fingerprint density at radius 1 is 1.47 bits per heavy atom. The summed E-state index contributed by atoms with van der Waals surface area (Å²) in [6.45, 7) is 6.34. The molecule has 0 aliphatic rings. The van der Waals surface area contributed by atoms with E-state index in [4.69, 9.17) is 5.73 Å². The predicted molar refractivity (Wildman–Crippen MR) is 68.3 cm³/mol. The van der Waals surface area contributed by atoms with Crippen molar-refractivity contribution in [2.45, 2.75) is 26.3 Å². The minimum atomic E-state index is 0.584. The Kier molecular flexibility index (Phi) is 5.29. The zero-order chi connectivity index (χ0) is 11.3. The molecule has 0 radical (unpaired) electrons. The lowest BCUT2D eigenvalue weighted by Crippen LogP contribution is -2.36. The molecule has 2 N–H and O–H groups in total. The van der Waals surface area contributed by atoms with Gasteiger partial charge in [-0.2, -0.15) is 0 Å². The van der Waals surface area contributed by atoms with Gasteiger partial charge in [-0.3, -0.25) is 0 Å². The van der Waals surface area contributed by atoms with Gasteiger partial charge in [0.2, 0.25) is 0 Å². The predicted octanol–water partition coefficient (Wildman–Crippen LogP) is 2.21. The van der Waals surface area contributed by atoms with Crippen molar-refractivity contribution in [1.29, 1.82) is 0 Å². The van der Waals surface area contributed by atoms with Crippen LogP contribution in [0.25, 0.3) is 0 Å². The van der Waals surface area contributed by atoms with E-state index < -0.39 is 0 Å². The van der Waals surface area contributed by atoms with Crippen molar-refractivity contribution >= 4 is 11.3 Å². The second-order valence-corrected chi connectivity index (χ2v) is 5.45. The molecule has 1 aromatic heterocycles. The van der Waals surface area contributed by atoms with E-state index in [1.807, 2.05) is 11.3 Å². The molecule has 0 aliphatic carbocycles. The van der Waals surface area contributed by atoms with E-state index in [0.717, 1.165) is 19.5 Å². The smallest absolute Gasteiger partial charge is 0.0112 e. The van der Waals surface area contributed by atoms with Gasteiger partial charge in [-0.1, -0.05) is 13.0 Å². The Balaban J connectivity index is 2.36. The third-order valence-electron chi connectivity index (χ3n) is 2.83. The van der Waals surface area contributed by atoms with E-state index in [1.54, 1.807) is 0 Å². The van der Waals surface area contributed by atoms with Gasteiger partial charge in [0.05, 0.1) is 0 Å². The highest BCUT2D eigenvalue weighted by atomic mass is 32.1. The van der Waals surface area contributed by atoms with Crippen molar-refractivity contribution in [3.63, 3.8) is 0 Å². The molecule has 0 saturated carbocycles. The first-order valence-corrected chi connectivity index (χ1v) is 6.44.